The minimum Gasteiger partial charge on any atom is -0.246 e. The number of hydrogen-bond donors (Lipinski definition) is 0. The van der Waals surface area contributed by atoms with Crippen LogP contribution in [0.4, 0.5) is 0 Å². The molecule has 2 rings (SSSR count). The molecule has 0 atom stereocenters. The van der Waals surface area contributed by atoms with Gasteiger partial charge in [-0.05, 0) is 18.1 Å². The highest BCUT2D eigenvalue weighted by Crippen LogP contribution is 2.29. The summed E-state index contributed by atoms with van der Waals surface area (Å²) in [4.78, 5) is 4.17. The summed E-state index contributed by atoms with van der Waals surface area (Å²) in [5.41, 5.74) is 3.65. The van der Waals surface area contributed by atoms with Crippen molar-refractivity contribution < 1.29 is 0 Å². The van der Waals surface area contributed by atoms with Crippen molar-refractivity contribution in [3.8, 4) is 0 Å². The van der Waals surface area contributed by atoms with E-state index in [1.165, 1.54) is 17.6 Å². The van der Waals surface area contributed by atoms with Crippen LogP contribution < -0.4 is 0 Å². The van der Waals surface area contributed by atoms with Gasteiger partial charge in [0.15, 0.2) is 0 Å². The average Bonchev–Trinajstić information content (AvgIpc) is 2.53. The zero-order valence-corrected chi connectivity index (χ0v) is 6.59. The Morgan fingerprint density at radius 3 is 3.27 bits per heavy atom. The van der Waals surface area contributed by atoms with E-state index in [4.69, 9.17) is 0 Å². The highest BCUT2D eigenvalue weighted by Gasteiger charge is 2.15. The highest BCUT2D eigenvalue weighted by molar-refractivity contribution is 5.88. The molecule has 0 bridgehead atoms. The van der Waals surface area contributed by atoms with E-state index in [0.717, 1.165) is 12.1 Å². The van der Waals surface area contributed by atoms with E-state index in [9.17, 15) is 0 Å². The van der Waals surface area contributed by atoms with Crippen LogP contribution >= 0.6 is 0 Å². The first-order chi connectivity index (χ1) is 5.42. The largest absolute Gasteiger partial charge is 0.246 e. The lowest BCUT2D eigenvalue weighted by molar-refractivity contribution is 0.937. The van der Waals surface area contributed by atoms with Crippen LogP contribution in [-0.4, -0.2) is 6.21 Å². The molecule has 11 heavy (non-hydrogen) atoms. The van der Waals surface area contributed by atoms with Crippen molar-refractivity contribution in [2.45, 2.75) is 19.8 Å². The number of rotatable bonds is 2. The number of hydrogen-bond acceptors (Lipinski definition) is 1. The van der Waals surface area contributed by atoms with Crippen molar-refractivity contribution in [2.75, 3.05) is 0 Å². The summed E-state index contributed by atoms with van der Waals surface area (Å²) in [5, 5.41) is 0. The minimum absolute atomic E-state index is 1.09. The van der Waals surface area contributed by atoms with Crippen LogP contribution in [0.25, 0.3) is 0 Å². The molecule has 0 fully saturated rings. The smallest absolute Gasteiger partial charge is 0.0935 e. The van der Waals surface area contributed by atoms with Gasteiger partial charge < -0.3 is 0 Å². The van der Waals surface area contributed by atoms with E-state index in [-0.39, 0.29) is 0 Å². The van der Waals surface area contributed by atoms with Crippen LogP contribution in [0.15, 0.2) is 40.1 Å². The van der Waals surface area contributed by atoms with Gasteiger partial charge in [-0.2, -0.15) is 0 Å². The summed E-state index contributed by atoms with van der Waals surface area (Å²) in [6.45, 7) is 2.18. The van der Waals surface area contributed by atoms with Crippen LogP contribution in [-0.2, 0) is 0 Å². The Morgan fingerprint density at radius 2 is 2.45 bits per heavy atom. The lowest BCUT2D eigenvalue weighted by atomic mass is 10.1. The first kappa shape index (κ1) is 6.59. The van der Waals surface area contributed by atoms with Gasteiger partial charge in [-0.3, -0.25) is 0 Å². The zero-order valence-electron chi connectivity index (χ0n) is 6.59. The molecule has 0 saturated carbocycles. The van der Waals surface area contributed by atoms with Crippen LogP contribution in [0.3, 0.4) is 0 Å². The second-order valence-corrected chi connectivity index (χ2v) is 2.78. The predicted octanol–water partition coefficient (Wildman–Crippen LogP) is 2.50. The second-order valence-electron chi connectivity index (χ2n) is 2.78. The molecule has 2 aliphatic rings. The third-order valence-corrected chi connectivity index (χ3v) is 1.93. The van der Waals surface area contributed by atoms with Gasteiger partial charge in [0.1, 0.15) is 0 Å². The van der Waals surface area contributed by atoms with Crippen LogP contribution in [0, 0.1) is 0 Å². The summed E-state index contributed by atoms with van der Waals surface area (Å²) in [6, 6.07) is 0. The molecule has 1 nitrogen and oxygen atoms in total. The summed E-state index contributed by atoms with van der Waals surface area (Å²) < 4.78 is 0. The van der Waals surface area contributed by atoms with E-state index in [2.05, 4.69) is 24.2 Å². The van der Waals surface area contributed by atoms with Gasteiger partial charge in [-0.1, -0.05) is 25.5 Å². The molecule has 0 saturated heterocycles. The van der Waals surface area contributed by atoms with Gasteiger partial charge in [0, 0.05) is 5.57 Å². The van der Waals surface area contributed by atoms with Crippen molar-refractivity contribution in [1.29, 1.82) is 0 Å². The average molecular weight is 144 g/mol. The van der Waals surface area contributed by atoms with Gasteiger partial charge in [0.25, 0.3) is 0 Å². The third-order valence-electron chi connectivity index (χ3n) is 1.93. The molecular formula is C10H10N. The van der Waals surface area contributed by atoms with Gasteiger partial charge in [0.05, 0.1) is 11.9 Å². The van der Waals surface area contributed by atoms with Gasteiger partial charge >= 0.3 is 0 Å². The topological polar surface area (TPSA) is 12.4 Å². The summed E-state index contributed by atoms with van der Waals surface area (Å²) in [7, 11) is 0. The third kappa shape index (κ3) is 0.967. The molecule has 0 aromatic heterocycles. The molecule has 0 aromatic carbocycles. The first-order valence-electron chi connectivity index (χ1n) is 4.00. The molecular weight excluding hydrogens is 134 g/mol. The van der Waals surface area contributed by atoms with Crippen molar-refractivity contribution in [3.05, 3.63) is 35.1 Å². The van der Waals surface area contributed by atoms with Crippen molar-refractivity contribution in [2.24, 2.45) is 4.99 Å². The molecule has 0 amide bonds. The van der Waals surface area contributed by atoms with Crippen LogP contribution in [0.2, 0.25) is 0 Å². The van der Waals surface area contributed by atoms with E-state index in [1.54, 1.807) is 0 Å². The van der Waals surface area contributed by atoms with Crippen molar-refractivity contribution in [1.82, 2.24) is 0 Å². The summed E-state index contributed by atoms with van der Waals surface area (Å²) in [5.74, 6) is 0. The number of aliphatic imine (C=N–C) groups is 1. The fraction of sp³-hybridized carbons (Fsp3) is 0.300. The van der Waals surface area contributed by atoms with Crippen LogP contribution in [0.1, 0.15) is 19.8 Å². The normalized spacial score (nSPS) is 19.5. The number of fused-ring (bicyclic) bond motifs is 1. The lowest BCUT2D eigenvalue weighted by Crippen LogP contribution is -1.83. The summed E-state index contributed by atoms with van der Waals surface area (Å²) in [6.07, 6.45) is 11.5. The molecule has 1 heterocycles. The molecule has 0 unspecified atom stereocenters. The van der Waals surface area contributed by atoms with E-state index >= 15 is 0 Å². The van der Waals surface area contributed by atoms with Crippen molar-refractivity contribution in [3.63, 3.8) is 0 Å². The Labute approximate surface area is 66.8 Å². The lowest BCUT2D eigenvalue weighted by Gasteiger charge is -1.95. The molecule has 1 aliphatic carbocycles. The summed E-state index contributed by atoms with van der Waals surface area (Å²) >= 11 is 0. The molecule has 0 aromatic rings. The maximum absolute atomic E-state index is 4.17. The Kier molecular flexibility index (Phi) is 1.50. The molecule has 1 heteroatoms. The van der Waals surface area contributed by atoms with E-state index < -0.39 is 0 Å². The Balaban J connectivity index is 2.32. The van der Waals surface area contributed by atoms with Crippen molar-refractivity contribution >= 4 is 6.21 Å². The molecule has 0 spiro atoms. The van der Waals surface area contributed by atoms with Gasteiger partial charge in [-0.25, -0.2) is 4.99 Å². The quantitative estimate of drug-likeness (QED) is 0.564. The maximum Gasteiger partial charge on any atom is 0.0935 e. The monoisotopic (exact) mass is 144 g/mol. The fourth-order valence-electron chi connectivity index (χ4n) is 1.39. The SMILES string of the molecule is CCCC1=C2C=CC=C2N=[C]1. The predicted molar refractivity (Wildman–Crippen MR) is 46.6 cm³/mol. The zero-order chi connectivity index (χ0) is 7.68. The Hall–Kier alpha value is -1.11. The molecule has 0 N–H and O–H groups in total. The second kappa shape index (κ2) is 2.50. The van der Waals surface area contributed by atoms with E-state index in [1.807, 2.05) is 12.2 Å². The van der Waals surface area contributed by atoms with Crippen LogP contribution in [0.5, 0.6) is 0 Å². The molecule has 55 valence electrons. The first-order valence-corrected chi connectivity index (χ1v) is 4.00. The van der Waals surface area contributed by atoms with E-state index in [0.29, 0.717) is 0 Å². The standard InChI is InChI=1S/C10H10N/c1-2-4-8-7-11-10-6-3-5-9(8)10/h3,5-6H,2,4H2,1H3. The fourth-order valence-corrected chi connectivity index (χ4v) is 1.39. The van der Waals surface area contributed by atoms with Gasteiger partial charge in [-0.15, -0.1) is 0 Å². The maximum atomic E-state index is 4.17. The number of nitrogens with zero attached hydrogens (tertiary/aromatic N) is 1. The molecule has 1 aliphatic heterocycles. The van der Waals surface area contributed by atoms with Gasteiger partial charge in [0.2, 0.25) is 0 Å². The Morgan fingerprint density at radius 1 is 1.55 bits per heavy atom. The Bertz CT molecular complexity index is 290. The molecule has 1 radical (unpaired) electrons. The minimum atomic E-state index is 1.09. The number of allylic oxidation sites excluding steroid dienone is 4. The highest BCUT2D eigenvalue weighted by atomic mass is 14.8.